The van der Waals surface area contributed by atoms with E-state index < -0.39 is 11.8 Å². The van der Waals surface area contributed by atoms with Crippen molar-refractivity contribution in [1.82, 2.24) is 19.5 Å². The fraction of sp³-hybridized carbons (Fsp3) is 0.364. The van der Waals surface area contributed by atoms with Crippen LogP contribution in [0.15, 0.2) is 47.1 Å². The van der Waals surface area contributed by atoms with Crippen molar-refractivity contribution in [2.75, 3.05) is 26.3 Å². The van der Waals surface area contributed by atoms with Gasteiger partial charge >= 0.3 is 0 Å². The van der Waals surface area contributed by atoms with Gasteiger partial charge in [0.1, 0.15) is 5.82 Å². The Labute approximate surface area is 186 Å². The Morgan fingerprint density at radius 3 is 2.56 bits per heavy atom. The second-order valence-corrected chi connectivity index (χ2v) is 8.97. The third-order valence-corrected chi connectivity index (χ3v) is 7.20. The molecule has 1 atom stereocenters. The van der Waals surface area contributed by atoms with Crippen molar-refractivity contribution in [3.05, 3.63) is 58.9 Å². The summed E-state index contributed by atoms with van der Waals surface area (Å²) in [7, 11) is 0. The fourth-order valence-electron chi connectivity index (χ4n) is 4.55. The molecule has 0 aliphatic carbocycles. The zero-order chi connectivity index (χ0) is 21.7. The Hall–Kier alpha value is -2.79. The molecule has 1 N–H and O–H groups in total. The van der Waals surface area contributed by atoms with Gasteiger partial charge in [0.15, 0.2) is 11.5 Å². The standard InChI is InChI=1S/C22H21FN4O4S/c23-15-5-2-1-4-14(15)17(26-9-7-22(8-10-26)30-12-13-31-22)18-20(28)27-21(32-18)24-19(25-27)16-6-3-11-29-16/h1-6,11,17,28H,7-10,12-13H2. The second-order valence-electron chi connectivity index (χ2n) is 7.96. The predicted octanol–water partition coefficient (Wildman–Crippen LogP) is 3.82. The lowest BCUT2D eigenvalue weighted by Gasteiger charge is -2.41. The smallest absolute Gasteiger partial charge is 0.230 e. The first-order chi connectivity index (χ1) is 15.6. The van der Waals surface area contributed by atoms with Crippen LogP contribution in [0.5, 0.6) is 5.88 Å². The van der Waals surface area contributed by atoms with Crippen molar-refractivity contribution < 1.29 is 23.4 Å². The molecule has 1 aromatic carbocycles. The second kappa shape index (κ2) is 7.66. The van der Waals surface area contributed by atoms with Gasteiger partial charge in [-0.25, -0.2) is 4.39 Å². The number of hydrogen-bond acceptors (Lipinski definition) is 8. The highest BCUT2D eigenvalue weighted by Crippen LogP contribution is 2.43. The Bertz CT molecular complexity index is 1240. The minimum atomic E-state index is -0.540. The van der Waals surface area contributed by atoms with Gasteiger partial charge in [0, 0.05) is 31.5 Å². The maximum Gasteiger partial charge on any atom is 0.230 e. The van der Waals surface area contributed by atoms with Crippen molar-refractivity contribution in [3.8, 4) is 17.5 Å². The number of benzene rings is 1. The van der Waals surface area contributed by atoms with Crippen molar-refractivity contribution in [2.24, 2.45) is 0 Å². The van der Waals surface area contributed by atoms with E-state index in [1.54, 1.807) is 30.5 Å². The SMILES string of the molecule is Oc1c(C(c2ccccc2F)N2CCC3(CC2)OCCO3)sc2nc(-c3ccco3)nn12. The van der Waals surface area contributed by atoms with Crippen molar-refractivity contribution in [2.45, 2.75) is 24.7 Å². The highest BCUT2D eigenvalue weighted by molar-refractivity contribution is 7.17. The molecular weight excluding hydrogens is 435 g/mol. The first-order valence-corrected chi connectivity index (χ1v) is 11.3. The number of ether oxygens (including phenoxy) is 2. The highest BCUT2D eigenvalue weighted by Gasteiger charge is 2.43. The number of fused-ring (bicyclic) bond motifs is 1. The number of halogens is 1. The quantitative estimate of drug-likeness (QED) is 0.500. The van der Waals surface area contributed by atoms with Crippen LogP contribution < -0.4 is 0 Å². The number of furan rings is 1. The van der Waals surface area contributed by atoms with Gasteiger partial charge in [-0.3, -0.25) is 4.90 Å². The van der Waals surface area contributed by atoms with E-state index in [-0.39, 0.29) is 11.7 Å². The highest BCUT2D eigenvalue weighted by atomic mass is 32.1. The van der Waals surface area contributed by atoms with Crippen LogP contribution in [-0.4, -0.2) is 56.7 Å². The molecule has 0 amide bonds. The van der Waals surface area contributed by atoms with Gasteiger partial charge in [-0.1, -0.05) is 29.5 Å². The van der Waals surface area contributed by atoms with Crippen LogP contribution in [0.4, 0.5) is 4.39 Å². The van der Waals surface area contributed by atoms with Gasteiger partial charge in [-0.15, -0.1) is 5.10 Å². The third kappa shape index (κ3) is 3.22. The molecule has 6 rings (SSSR count). The van der Waals surface area contributed by atoms with Crippen LogP contribution in [0.2, 0.25) is 0 Å². The molecule has 0 bridgehead atoms. The minimum Gasteiger partial charge on any atom is -0.492 e. The van der Waals surface area contributed by atoms with Crippen LogP contribution in [0.3, 0.4) is 0 Å². The predicted molar refractivity (Wildman–Crippen MR) is 114 cm³/mol. The van der Waals surface area contributed by atoms with Crippen LogP contribution in [0.1, 0.15) is 29.3 Å². The van der Waals surface area contributed by atoms with E-state index in [9.17, 15) is 9.50 Å². The Kier molecular flexibility index (Phi) is 4.76. The molecule has 166 valence electrons. The zero-order valence-corrected chi connectivity index (χ0v) is 17.9. The molecule has 4 aromatic rings. The molecule has 8 nitrogen and oxygen atoms in total. The molecule has 2 saturated heterocycles. The lowest BCUT2D eigenvalue weighted by molar-refractivity contribution is -0.187. The van der Waals surface area contributed by atoms with Crippen LogP contribution in [-0.2, 0) is 9.47 Å². The average molecular weight is 456 g/mol. The molecular formula is C22H21FN4O4S. The third-order valence-electron chi connectivity index (χ3n) is 6.13. The van der Waals surface area contributed by atoms with E-state index in [2.05, 4.69) is 15.0 Å². The monoisotopic (exact) mass is 456 g/mol. The fourth-order valence-corrected chi connectivity index (χ4v) is 5.66. The summed E-state index contributed by atoms with van der Waals surface area (Å²) in [5.74, 6) is 0.00593. The largest absolute Gasteiger partial charge is 0.492 e. The summed E-state index contributed by atoms with van der Waals surface area (Å²) in [4.78, 5) is 7.77. The maximum atomic E-state index is 14.9. The van der Waals surface area contributed by atoms with E-state index in [0.29, 0.717) is 66.1 Å². The van der Waals surface area contributed by atoms with Crippen LogP contribution >= 0.6 is 11.3 Å². The van der Waals surface area contributed by atoms with Gasteiger partial charge < -0.3 is 19.0 Å². The number of aromatic hydroxyl groups is 1. The summed E-state index contributed by atoms with van der Waals surface area (Å²) < 4.78 is 33.4. The molecule has 10 heteroatoms. The number of hydrogen-bond donors (Lipinski definition) is 1. The van der Waals surface area contributed by atoms with Gasteiger partial charge in [-0.05, 0) is 18.2 Å². The lowest BCUT2D eigenvalue weighted by Crippen LogP contribution is -2.46. The van der Waals surface area contributed by atoms with E-state index in [0.717, 1.165) is 0 Å². The number of aromatic nitrogens is 3. The number of nitrogens with zero attached hydrogens (tertiary/aromatic N) is 4. The zero-order valence-electron chi connectivity index (χ0n) is 17.1. The van der Waals surface area contributed by atoms with E-state index in [1.165, 1.54) is 21.9 Å². The molecule has 2 fully saturated rings. The molecule has 1 spiro atoms. The Morgan fingerprint density at radius 1 is 1.09 bits per heavy atom. The van der Waals surface area contributed by atoms with Crippen LogP contribution in [0, 0.1) is 5.82 Å². The van der Waals surface area contributed by atoms with Crippen LogP contribution in [0.25, 0.3) is 16.5 Å². The van der Waals surface area contributed by atoms with Gasteiger partial charge in [0.2, 0.25) is 16.7 Å². The first kappa shape index (κ1) is 19.9. The van der Waals surface area contributed by atoms with Crippen molar-refractivity contribution in [3.63, 3.8) is 0 Å². The molecule has 2 aliphatic rings. The maximum absolute atomic E-state index is 14.9. The summed E-state index contributed by atoms with van der Waals surface area (Å²) in [6, 6.07) is 9.72. The van der Waals surface area contributed by atoms with Crippen molar-refractivity contribution in [1.29, 1.82) is 0 Å². The summed E-state index contributed by atoms with van der Waals surface area (Å²) >= 11 is 1.30. The molecule has 0 saturated carbocycles. The molecule has 2 aliphatic heterocycles. The first-order valence-electron chi connectivity index (χ1n) is 10.5. The molecule has 5 heterocycles. The van der Waals surface area contributed by atoms with E-state index in [1.807, 2.05) is 6.07 Å². The van der Waals surface area contributed by atoms with Gasteiger partial charge in [0.25, 0.3) is 0 Å². The summed E-state index contributed by atoms with van der Waals surface area (Å²) in [5, 5.41) is 15.5. The molecule has 0 radical (unpaired) electrons. The number of likely N-dealkylation sites (tertiary alicyclic amines) is 1. The summed E-state index contributed by atoms with van der Waals surface area (Å²) in [6.45, 7) is 2.49. The Balaban J connectivity index is 1.39. The minimum absolute atomic E-state index is 0.0442. The van der Waals surface area contributed by atoms with Gasteiger partial charge in [0.05, 0.1) is 30.4 Å². The molecule has 1 unspecified atom stereocenters. The molecule has 32 heavy (non-hydrogen) atoms. The number of piperidine rings is 1. The summed E-state index contributed by atoms with van der Waals surface area (Å²) in [5.41, 5.74) is 0.503. The normalized spacial score (nSPS) is 19.8. The topological polar surface area (TPSA) is 85.3 Å². The van der Waals surface area contributed by atoms with E-state index in [4.69, 9.17) is 13.9 Å². The number of thiazole rings is 1. The molecule has 3 aromatic heterocycles. The number of rotatable bonds is 4. The lowest BCUT2D eigenvalue weighted by atomic mass is 9.97. The summed E-state index contributed by atoms with van der Waals surface area (Å²) in [6.07, 6.45) is 2.91. The Morgan fingerprint density at radius 2 is 1.88 bits per heavy atom. The van der Waals surface area contributed by atoms with Gasteiger partial charge in [-0.2, -0.15) is 9.50 Å². The van der Waals surface area contributed by atoms with Crippen molar-refractivity contribution >= 4 is 16.3 Å². The van der Waals surface area contributed by atoms with E-state index >= 15 is 0 Å². The average Bonchev–Trinajstić information content (AvgIpc) is 3.59.